The number of nitrogens with two attached hydrogens (primary N) is 1. The lowest BCUT2D eigenvalue weighted by atomic mass is 9.91. The van der Waals surface area contributed by atoms with Crippen molar-refractivity contribution in [2.24, 2.45) is 11.8 Å². The second-order valence-corrected chi connectivity index (χ2v) is 4.06. The van der Waals surface area contributed by atoms with Gasteiger partial charge in [0, 0.05) is 6.04 Å². The van der Waals surface area contributed by atoms with Crippen molar-refractivity contribution in [3.8, 4) is 0 Å². The van der Waals surface area contributed by atoms with Crippen molar-refractivity contribution < 1.29 is 0 Å². The zero-order chi connectivity index (χ0) is 9.68. The Morgan fingerprint density at radius 1 is 1.46 bits per heavy atom. The summed E-state index contributed by atoms with van der Waals surface area (Å²) in [7, 11) is 0. The first-order valence-corrected chi connectivity index (χ1v) is 5.75. The second kappa shape index (κ2) is 5.37. The van der Waals surface area contributed by atoms with E-state index in [0.29, 0.717) is 12.0 Å². The molecule has 0 spiro atoms. The third-order valence-corrected chi connectivity index (χ3v) is 3.30. The van der Waals surface area contributed by atoms with Crippen LogP contribution in [-0.4, -0.2) is 0 Å². The molecule has 0 saturated heterocycles. The van der Waals surface area contributed by atoms with Crippen molar-refractivity contribution in [3.05, 3.63) is 22.4 Å². The van der Waals surface area contributed by atoms with Crippen LogP contribution in [0.4, 0.5) is 0 Å². The van der Waals surface area contributed by atoms with Gasteiger partial charge in [-0.1, -0.05) is 26.7 Å². The largest absolute Gasteiger partial charge is 0.271 e. The normalized spacial score (nSPS) is 13.5. The van der Waals surface area contributed by atoms with Gasteiger partial charge in [-0.2, -0.15) is 11.3 Å². The molecule has 74 valence electrons. The molecule has 0 aromatic carbocycles. The molecule has 0 aliphatic heterocycles. The van der Waals surface area contributed by atoms with Gasteiger partial charge in [-0.25, -0.2) is 0 Å². The van der Waals surface area contributed by atoms with E-state index in [2.05, 4.69) is 36.1 Å². The molecule has 3 heteroatoms. The maximum absolute atomic E-state index is 5.57. The zero-order valence-corrected chi connectivity index (χ0v) is 9.10. The Hall–Kier alpha value is -0.380. The molecule has 0 fully saturated rings. The van der Waals surface area contributed by atoms with Crippen LogP contribution in [0, 0.1) is 5.92 Å². The summed E-state index contributed by atoms with van der Waals surface area (Å²) in [6.07, 6.45) is 2.34. The Morgan fingerprint density at radius 3 is 2.54 bits per heavy atom. The molecule has 2 nitrogen and oxygen atoms in total. The molecule has 0 bridgehead atoms. The molecular weight excluding hydrogens is 180 g/mol. The van der Waals surface area contributed by atoms with Gasteiger partial charge in [-0.15, -0.1) is 0 Å². The quantitative estimate of drug-likeness (QED) is 0.564. The summed E-state index contributed by atoms with van der Waals surface area (Å²) in [4.78, 5) is 0. The van der Waals surface area contributed by atoms with Gasteiger partial charge in [0.25, 0.3) is 0 Å². The lowest BCUT2D eigenvalue weighted by Crippen LogP contribution is -2.32. The third kappa shape index (κ3) is 2.53. The van der Waals surface area contributed by atoms with Gasteiger partial charge >= 0.3 is 0 Å². The highest BCUT2D eigenvalue weighted by Gasteiger charge is 2.18. The Labute approximate surface area is 84.1 Å². The Balaban J connectivity index is 2.72. The van der Waals surface area contributed by atoms with Crippen molar-refractivity contribution >= 4 is 11.3 Å². The van der Waals surface area contributed by atoms with Crippen LogP contribution in [0.2, 0.25) is 0 Å². The maximum atomic E-state index is 5.57. The molecule has 3 N–H and O–H groups in total. The van der Waals surface area contributed by atoms with Crippen LogP contribution >= 0.6 is 11.3 Å². The van der Waals surface area contributed by atoms with Gasteiger partial charge < -0.3 is 0 Å². The fraction of sp³-hybridized carbons (Fsp3) is 0.600. The SMILES string of the molecule is CCC(CC)C(NN)c1ccsc1. The second-order valence-electron chi connectivity index (χ2n) is 3.28. The smallest absolute Gasteiger partial charge is 0.0496 e. The number of hydrazine groups is 1. The van der Waals surface area contributed by atoms with E-state index >= 15 is 0 Å². The van der Waals surface area contributed by atoms with E-state index in [-0.39, 0.29) is 0 Å². The topological polar surface area (TPSA) is 38.0 Å². The van der Waals surface area contributed by atoms with Crippen LogP contribution in [0.1, 0.15) is 38.3 Å². The summed E-state index contributed by atoms with van der Waals surface area (Å²) in [5.74, 6) is 6.21. The molecule has 0 aliphatic carbocycles. The Kier molecular flexibility index (Phi) is 4.42. The first-order valence-electron chi connectivity index (χ1n) is 4.81. The number of hydrogen-bond donors (Lipinski definition) is 2. The van der Waals surface area contributed by atoms with Crippen LogP contribution < -0.4 is 11.3 Å². The summed E-state index contributed by atoms with van der Waals surface area (Å²) in [5.41, 5.74) is 4.23. The van der Waals surface area contributed by atoms with Crippen LogP contribution in [0.5, 0.6) is 0 Å². The molecular formula is C10H18N2S. The van der Waals surface area contributed by atoms with E-state index in [1.807, 2.05) is 0 Å². The molecule has 0 radical (unpaired) electrons. The van der Waals surface area contributed by atoms with Crippen LogP contribution in [-0.2, 0) is 0 Å². The first-order chi connectivity index (χ1) is 6.33. The van der Waals surface area contributed by atoms with Crippen molar-refractivity contribution in [2.75, 3.05) is 0 Å². The molecule has 0 amide bonds. The first kappa shape index (κ1) is 10.7. The Bertz CT molecular complexity index is 217. The lowest BCUT2D eigenvalue weighted by molar-refractivity contribution is 0.346. The van der Waals surface area contributed by atoms with Crippen LogP contribution in [0.15, 0.2) is 16.8 Å². The fourth-order valence-electron chi connectivity index (χ4n) is 1.72. The molecule has 1 atom stereocenters. The van der Waals surface area contributed by atoms with Crippen LogP contribution in [0.3, 0.4) is 0 Å². The minimum Gasteiger partial charge on any atom is -0.271 e. The minimum atomic E-state index is 0.321. The predicted octanol–water partition coefficient (Wildman–Crippen LogP) is 2.69. The van der Waals surface area contributed by atoms with Gasteiger partial charge in [0.05, 0.1) is 0 Å². The summed E-state index contributed by atoms with van der Waals surface area (Å²) in [6.45, 7) is 4.43. The van der Waals surface area contributed by atoms with Gasteiger partial charge in [0.15, 0.2) is 0 Å². The van der Waals surface area contributed by atoms with Crippen molar-refractivity contribution in [1.82, 2.24) is 5.43 Å². The fourth-order valence-corrected chi connectivity index (χ4v) is 2.41. The average molecular weight is 198 g/mol. The van der Waals surface area contributed by atoms with Crippen molar-refractivity contribution in [1.29, 1.82) is 0 Å². The average Bonchev–Trinajstić information content (AvgIpc) is 2.66. The number of nitrogens with one attached hydrogen (secondary N) is 1. The number of rotatable bonds is 5. The van der Waals surface area contributed by atoms with E-state index < -0.39 is 0 Å². The van der Waals surface area contributed by atoms with Crippen LogP contribution in [0.25, 0.3) is 0 Å². The van der Waals surface area contributed by atoms with Crippen molar-refractivity contribution in [2.45, 2.75) is 32.7 Å². The molecule has 1 rings (SSSR count). The van der Waals surface area contributed by atoms with Crippen molar-refractivity contribution in [3.63, 3.8) is 0 Å². The standard InChI is InChI=1S/C10H18N2S/c1-3-8(4-2)10(12-11)9-5-6-13-7-9/h5-8,10,12H,3-4,11H2,1-2H3. The van der Waals surface area contributed by atoms with E-state index in [4.69, 9.17) is 5.84 Å². The molecule has 1 aromatic heterocycles. The third-order valence-electron chi connectivity index (χ3n) is 2.60. The van der Waals surface area contributed by atoms with E-state index in [9.17, 15) is 0 Å². The zero-order valence-electron chi connectivity index (χ0n) is 8.29. The number of hydrogen-bond acceptors (Lipinski definition) is 3. The Morgan fingerprint density at radius 2 is 2.15 bits per heavy atom. The summed E-state index contributed by atoms with van der Waals surface area (Å²) >= 11 is 1.73. The highest BCUT2D eigenvalue weighted by molar-refractivity contribution is 7.07. The van der Waals surface area contributed by atoms with E-state index in [1.54, 1.807) is 11.3 Å². The maximum Gasteiger partial charge on any atom is 0.0496 e. The minimum absolute atomic E-state index is 0.321. The van der Waals surface area contributed by atoms with Gasteiger partial charge in [0.2, 0.25) is 0 Å². The number of thiophene rings is 1. The van der Waals surface area contributed by atoms with Gasteiger partial charge in [-0.05, 0) is 28.3 Å². The summed E-state index contributed by atoms with van der Waals surface area (Å²) < 4.78 is 0. The van der Waals surface area contributed by atoms with Gasteiger partial charge in [-0.3, -0.25) is 11.3 Å². The molecule has 0 saturated carbocycles. The summed E-state index contributed by atoms with van der Waals surface area (Å²) in [6, 6.07) is 2.47. The van der Waals surface area contributed by atoms with E-state index in [1.165, 1.54) is 18.4 Å². The molecule has 0 aliphatic rings. The monoisotopic (exact) mass is 198 g/mol. The predicted molar refractivity (Wildman–Crippen MR) is 58.5 cm³/mol. The molecule has 13 heavy (non-hydrogen) atoms. The summed E-state index contributed by atoms with van der Waals surface area (Å²) in [5, 5.41) is 4.27. The van der Waals surface area contributed by atoms with Gasteiger partial charge in [0.1, 0.15) is 0 Å². The lowest BCUT2D eigenvalue weighted by Gasteiger charge is -2.23. The highest BCUT2D eigenvalue weighted by Crippen LogP contribution is 2.27. The van der Waals surface area contributed by atoms with E-state index in [0.717, 1.165) is 0 Å². The molecule has 1 aromatic rings. The molecule has 1 unspecified atom stereocenters. The molecule has 1 heterocycles. The highest BCUT2D eigenvalue weighted by atomic mass is 32.1.